The van der Waals surface area contributed by atoms with Crippen LogP contribution in [-0.4, -0.2) is 25.5 Å². The van der Waals surface area contributed by atoms with Crippen molar-refractivity contribution in [1.82, 2.24) is 10.6 Å². The maximum Gasteiger partial charge on any atom is 0.224 e. The lowest BCUT2D eigenvalue weighted by molar-refractivity contribution is -0.116. The third-order valence-electron chi connectivity index (χ3n) is 4.00. The Morgan fingerprint density at radius 3 is 2.52 bits per heavy atom. The van der Waals surface area contributed by atoms with E-state index in [4.69, 9.17) is 0 Å². The molecule has 0 aliphatic carbocycles. The molecule has 7 heteroatoms. The van der Waals surface area contributed by atoms with Crippen molar-refractivity contribution in [2.75, 3.05) is 18.9 Å². The van der Waals surface area contributed by atoms with Gasteiger partial charge < -0.3 is 16.0 Å². The molecule has 2 rings (SSSR count). The molecule has 0 saturated heterocycles. The van der Waals surface area contributed by atoms with E-state index in [1.807, 2.05) is 31.2 Å². The Morgan fingerprint density at radius 1 is 1.19 bits per heavy atom. The molecular formula is C20H29IN4OS. The van der Waals surface area contributed by atoms with Gasteiger partial charge in [0.1, 0.15) is 0 Å². The van der Waals surface area contributed by atoms with Crippen molar-refractivity contribution in [1.29, 1.82) is 0 Å². The van der Waals surface area contributed by atoms with Crippen LogP contribution in [0.2, 0.25) is 0 Å². The highest BCUT2D eigenvalue weighted by molar-refractivity contribution is 14.0. The molecule has 0 spiro atoms. The Morgan fingerprint density at radius 2 is 1.93 bits per heavy atom. The second-order valence-electron chi connectivity index (χ2n) is 6.22. The molecule has 1 aromatic heterocycles. The van der Waals surface area contributed by atoms with Crippen LogP contribution in [-0.2, 0) is 11.3 Å². The summed E-state index contributed by atoms with van der Waals surface area (Å²) in [6.45, 7) is 5.72. The summed E-state index contributed by atoms with van der Waals surface area (Å²) in [6, 6.07) is 12.1. The van der Waals surface area contributed by atoms with Gasteiger partial charge in [0.15, 0.2) is 5.96 Å². The van der Waals surface area contributed by atoms with Gasteiger partial charge in [0.05, 0.1) is 0 Å². The number of carbonyl (C=O) groups excluding carboxylic acids is 1. The topological polar surface area (TPSA) is 65.5 Å². The number of hydrogen-bond donors (Lipinski definition) is 3. The smallest absolute Gasteiger partial charge is 0.224 e. The molecule has 5 nitrogen and oxygen atoms in total. The number of halogens is 1. The van der Waals surface area contributed by atoms with Gasteiger partial charge >= 0.3 is 0 Å². The van der Waals surface area contributed by atoms with E-state index in [2.05, 4.69) is 45.4 Å². The van der Waals surface area contributed by atoms with Crippen molar-refractivity contribution < 1.29 is 4.79 Å². The number of aliphatic imine (C=N–C) groups is 1. The fourth-order valence-electron chi connectivity index (χ4n) is 2.48. The van der Waals surface area contributed by atoms with Gasteiger partial charge in [0.25, 0.3) is 0 Å². The molecule has 0 bridgehead atoms. The second kappa shape index (κ2) is 12.7. The van der Waals surface area contributed by atoms with Crippen molar-refractivity contribution in [2.24, 2.45) is 4.99 Å². The molecule has 2 aromatic rings. The first-order valence-electron chi connectivity index (χ1n) is 8.99. The van der Waals surface area contributed by atoms with Gasteiger partial charge in [-0.1, -0.05) is 32.0 Å². The summed E-state index contributed by atoms with van der Waals surface area (Å²) < 4.78 is 0. The van der Waals surface area contributed by atoms with Crippen LogP contribution in [0.25, 0.3) is 0 Å². The fourth-order valence-corrected chi connectivity index (χ4v) is 3.27. The van der Waals surface area contributed by atoms with E-state index in [9.17, 15) is 4.79 Å². The molecular weight excluding hydrogens is 471 g/mol. The number of hydrogen-bond acceptors (Lipinski definition) is 3. The van der Waals surface area contributed by atoms with Crippen LogP contribution in [0, 0.1) is 0 Å². The average molecular weight is 500 g/mol. The van der Waals surface area contributed by atoms with Crippen molar-refractivity contribution in [3.8, 4) is 0 Å². The van der Waals surface area contributed by atoms with Crippen molar-refractivity contribution in [2.45, 2.75) is 39.2 Å². The van der Waals surface area contributed by atoms with E-state index in [1.165, 1.54) is 4.88 Å². The third-order valence-corrected chi connectivity index (χ3v) is 5.11. The molecule has 27 heavy (non-hydrogen) atoms. The summed E-state index contributed by atoms with van der Waals surface area (Å²) in [5.41, 5.74) is 1.97. The maximum atomic E-state index is 11.6. The Balaban J connectivity index is 0.00000364. The van der Waals surface area contributed by atoms with Crippen molar-refractivity contribution >= 4 is 52.9 Å². The summed E-state index contributed by atoms with van der Waals surface area (Å²) in [4.78, 5) is 17.3. The summed E-state index contributed by atoms with van der Waals surface area (Å²) in [7, 11) is 1.78. The summed E-state index contributed by atoms with van der Waals surface area (Å²) in [5.74, 6) is 1.29. The second-order valence-corrected chi connectivity index (χ2v) is 7.20. The molecule has 0 aliphatic heterocycles. The molecule has 3 N–H and O–H groups in total. The summed E-state index contributed by atoms with van der Waals surface area (Å²) in [5, 5.41) is 11.7. The molecule has 0 radical (unpaired) electrons. The number of anilines is 1. The number of carbonyl (C=O) groups is 1. The molecule has 1 aromatic carbocycles. The van der Waals surface area contributed by atoms with E-state index in [1.54, 1.807) is 18.4 Å². The predicted octanol–water partition coefficient (Wildman–Crippen LogP) is 4.57. The van der Waals surface area contributed by atoms with Crippen LogP contribution in [0.4, 0.5) is 5.69 Å². The highest BCUT2D eigenvalue weighted by Crippen LogP contribution is 2.19. The minimum atomic E-state index is 0. The standard InChI is InChI=1S/C20H28N4OS.HI/c1-4-6-19(25)24-17-10-8-16(9-11-17)14-23-20(21-3)22-13-15(2)18-7-5-12-26-18;/h5,7-12,15H,4,6,13-14H2,1-3H3,(H,24,25)(H2,21,22,23);1H. The molecule has 0 aliphatic rings. The van der Waals surface area contributed by atoms with Gasteiger partial charge in [-0.05, 0) is 35.6 Å². The van der Waals surface area contributed by atoms with E-state index in [0.29, 0.717) is 18.9 Å². The van der Waals surface area contributed by atoms with Crippen LogP contribution in [0.3, 0.4) is 0 Å². The SMILES string of the molecule is CCCC(=O)Nc1ccc(CNC(=NC)NCC(C)c2cccs2)cc1.I. The zero-order valence-corrected chi connectivity index (χ0v) is 19.3. The quantitative estimate of drug-likeness (QED) is 0.283. The molecule has 1 amide bonds. The minimum absolute atomic E-state index is 0. The molecule has 0 saturated carbocycles. The predicted molar refractivity (Wildman–Crippen MR) is 126 cm³/mol. The Kier molecular flexibility index (Phi) is 11.0. The number of nitrogens with zero attached hydrogens (tertiary/aromatic N) is 1. The van der Waals surface area contributed by atoms with Gasteiger partial charge in [-0.2, -0.15) is 0 Å². The first-order chi connectivity index (χ1) is 12.6. The lowest BCUT2D eigenvalue weighted by Gasteiger charge is -2.15. The first kappa shape index (κ1) is 23.4. The van der Waals surface area contributed by atoms with Gasteiger partial charge in [-0.3, -0.25) is 9.79 Å². The molecule has 0 fully saturated rings. The van der Waals surface area contributed by atoms with Gasteiger partial charge in [-0.25, -0.2) is 0 Å². The number of thiophene rings is 1. The normalized spacial score (nSPS) is 12.0. The number of guanidine groups is 1. The number of rotatable bonds is 8. The van der Waals surface area contributed by atoms with E-state index >= 15 is 0 Å². The van der Waals surface area contributed by atoms with E-state index < -0.39 is 0 Å². The summed E-state index contributed by atoms with van der Waals surface area (Å²) >= 11 is 1.78. The van der Waals surface area contributed by atoms with Crippen LogP contribution in [0.5, 0.6) is 0 Å². The highest BCUT2D eigenvalue weighted by Gasteiger charge is 2.07. The van der Waals surface area contributed by atoms with E-state index in [0.717, 1.165) is 30.2 Å². The molecule has 1 heterocycles. The number of benzene rings is 1. The highest BCUT2D eigenvalue weighted by atomic mass is 127. The lowest BCUT2D eigenvalue weighted by atomic mass is 10.1. The minimum Gasteiger partial charge on any atom is -0.356 e. The Labute approximate surface area is 183 Å². The number of amides is 1. The molecule has 1 atom stereocenters. The van der Waals surface area contributed by atoms with Gasteiger partial charge in [0, 0.05) is 43.0 Å². The zero-order chi connectivity index (χ0) is 18.8. The van der Waals surface area contributed by atoms with Gasteiger partial charge in [-0.15, -0.1) is 35.3 Å². The van der Waals surface area contributed by atoms with Gasteiger partial charge in [0.2, 0.25) is 5.91 Å². The van der Waals surface area contributed by atoms with Crippen LogP contribution in [0.1, 0.15) is 43.0 Å². The monoisotopic (exact) mass is 500 g/mol. The van der Waals surface area contributed by atoms with Crippen LogP contribution < -0.4 is 16.0 Å². The van der Waals surface area contributed by atoms with Crippen LogP contribution in [0.15, 0.2) is 46.8 Å². The maximum absolute atomic E-state index is 11.6. The molecule has 1 unspecified atom stereocenters. The third kappa shape index (κ3) is 8.30. The lowest BCUT2D eigenvalue weighted by Crippen LogP contribution is -2.38. The zero-order valence-electron chi connectivity index (χ0n) is 16.1. The fraction of sp³-hybridized carbons (Fsp3) is 0.400. The van der Waals surface area contributed by atoms with Crippen LogP contribution >= 0.6 is 35.3 Å². The van der Waals surface area contributed by atoms with E-state index in [-0.39, 0.29) is 29.9 Å². The van der Waals surface area contributed by atoms with Crippen molar-refractivity contribution in [3.05, 3.63) is 52.2 Å². The Hall–Kier alpha value is -1.61. The average Bonchev–Trinajstić information content (AvgIpc) is 3.18. The van der Waals surface area contributed by atoms with Crippen molar-refractivity contribution in [3.63, 3.8) is 0 Å². The Bertz CT molecular complexity index is 701. The largest absolute Gasteiger partial charge is 0.356 e. The summed E-state index contributed by atoms with van der Waals surface area (Å²) in [6.07, 6.45) is 1.40. The first-order valence-corrected chi connectivity index (χ1v) is 9.87. The number of nitrogens with one attached hydrogen (secondary N) is 3. The molecule has 148 valence electrons.